The van der Waals surface area contributed by atoms with Gasteiger partial charge in [0.25, 0.3) is 0 Å². The van der Waals surface area contributed by atoms with E-state index in [-0.39, 0.29) is 29.9 Å². The van der Waals surface area contributed by atoms with Gasteiger partial charge in [-0.2, -0.15) is 5.26 Å². The first kappa shape index (κ1) is 21.1. The molecule has 3 unspecified atom stereocenters. The van der Waals surface area contributed by atoms with Crippen molar-refractivity contribution < 1.29 is 19.0 Å². The van der Waals surface area contributed by atoms with Crippen LogP contribution in [0.2, 0.25) is 0 Å². The molecule has 31 heavy (non-hydrogen) atoms. The van der Waals surface area contributed by atoms with Crippen LogP contribution < -0.4 is 10.1 Å². The molecule has 1 aliphatic carbocycles. The Balaban J connectivity index is 1.53. The molecule has 0 spiro atoms. The Morgan fingerprint density at radius 1 is 1.26 bits per heavy atom. The highest BCUT2D eigenvalue weighted by molar-refractivity contribution is 5.64. The highest BCUT2D eigenvalue weighted by atomic mass is 19.1. The Morgan fingerprint density at radius 2 is 2.06 bits per heavy atom. The number of ether oxygens (including phenoxy) is 1. The van der Waals surface area contributed by atoms with E-state index in [1.54, 1.807) is 12.1 Å². The lowest BCUT2D eigenvalue weighted by Gasteiger charge is -2.38. The van der Waals surface area contributed by atoms with Gasteiger partial charge in [0.2, 0.25) is 5.88 Å². The minimum Gasteiger partial charge on any atom is -0.473 e. The second kappa shape index (κ2) is 9.31. The molecule has 0 radical (unpaired) electrons. The van der Waals surface area contributed by atoms with Gasteiger partial charge >= 0.3 is 6.09 Å². The van der Waals surface area contributed by atoms with Gasteiger partial charge in [-0.25, -0.2) is 14.2 Å². The van der Waals surface area contributed by atoms with Crippen molar-refractivity contribution >= 4 is 6.09 Å². The molecule has 7 nitrogen and oxygen atoms in total. The van der Waals surface area contributed by atoms with Crippen LogP contribution in [0.1, 0.15) is 42.7 Å². The van der Waals surface area contributed by atoms with E-state index in [1.807, 2.05) is 18.2 Å². The second-order valence-corrected chi connectivity index (χ2v) is 8.22. The van der Waals surface area contributed by atoms with Crippen molar-refractivity contribution in [3.63, 3.8) is 0 Å². The van der Waals surface area contributed by atoms with Gasteiger partial charge in [0.15, 0.2) is 0 Å². The molecule has 2 fully saturated rings. The Hall–Kier alpha value is -3.18. The normalized spacial score (nSPS) is 26.2. The predicted molar refractivity (Wildman–Crippen MR) is 111 cm³/mol. The number of carbonyl (C=O) groups is 1. The number of pyridine rings is 1. The van der Waals surface area contributed by atoms with Gasteiger partial charge in [-0.3, -0.25) is 4.90 Å². The summed E-state index contributed by atoms with van der Waals surface area (Å²) >= 11 is 0. The van der Waals surface area contributed by atoms with Crippen LogP contribution >= 0.6 is 0 Å². The third kappa shape index (κ3) is 5.12. The molecule has 1 saturated carbocycles. The molecule has 2 aliphatic rings. The van der Waals surface area contributed by atoms with Crippen LogP contribution in [0.4, 0.5) is 9.18 Å². The van der Waals surface area contributed by atoms with Crippen LogP contribution in [0, 0.1) is 17.1 Å². The maximum Gasteiger partial charge on any atom is 0.404 e. The number of aromatic nitrogens is 1. The van der Waals surface area contributed by atoms with Crippen LogP contribution in [0.5, 0.6) is 5.88 Å². The van der Waals surface area contributed by atoms with E-state index in [4.69, 9.17) is 15.1 Å². The Bertz CT molecular complexity index is 945. The molecule has 2 aromatic rings. The van der Waals surface area contributed by atoms with Crippen LogP contribution in [-0.4, -0.2) is 52.4 Å². The van der Waals surface area contributed by atoms with Gasteiger partial charge in [0, 0.05) is 30.9 Å². The summed E-state index contributed by atoms with van der Waals surface area (Å²) < 4.78 is 19.7. The molecule has 1 aromatic heterocycles. The van der Waals surface area contributed by atoms with Crippen LogP contribution in [0.15, 0.2) is 42.6 Å². The molecule has 4 atom stereocenters. The smallest absolute Gasteiger partial charge is 0.404 e. The van der Waals surface area contributed by atoms with Gasteiger partial charge < -0.3 is 15.2 Å². The van der Waals surface area contributed by atoms with Crippen molar-refractivity contribution in [3.8, 4) is 11.9 Å². The van der Waals surface area contributed by atoms with Crippen molar-refractivity contribution in [2.24, 2.45) is 0 Å². The monoisotopic (exact) mass is 424 g/mol. The Morgan fingerprint density at radius 3 is 2.74 bits per heavy atom. The molecule has 1 aromatic carbocycles. The van der Waals surface area contributed by atoms with E-state index in [0.717, 1.165) is 37.8 Å². The van der Waals surface area contributed by atoms with Crippen molar-refractivity contribution in [1.29, 1.82) is 5.26 Å². The third-order valence-corrected chi connectivity index (χ3v) is 6.20. The SMILES string of the molecule is N#Cc1ccc(OC2CC(c3ccc(F)cc3)CC2N2CCC[C@@H](NC(=O)O)C2)nc1. The van der Waals surface area contributed by atoms with Gasteiger partial charge in [-0.1, -0.05) is 12.1 Å². The first-order chi connectivity index (χ1) is 15.0. The Kier molecular flexibility index (Phi) is 6.33. The topological polar surface area (TPSA) is 98.5 Å². The lowest BCUT2D eigenvalue weighted by Crippen LogP contribution is -2.53. The molecule has 1 aliphatic heterocycles. The fourth-order valence-electron chi connectivity index (χ4n) is 4.77. The first-order valence-electron chi connectivity index (χ1n) is 10.5. The maximum absolute atomic E-state index is 13.4. The third-order valence-electron chi connectivity index (χ3n) is 6.20. The van der Waals surface area contributed by atoms with Crippen molar-refractivity contribution in [3.05, 3.63) is 59.5 Å². The number of piperidine rings is 1. The fraction of sp³-hybridized carbons (Fsp3) is 0.435. The summed E-state index contributed by atoms with van der Waals surface area (Å²) in [6, 6.07) is 12.0. The summed E-state index contributed by atoms with van der Waals surface area (Å²) in [7, 11) is 0. The summed E-state index contributed by atoms with van der Waals surface area (Å²) in [4.78, 5) is 17.7. The van der Waals surface area contributed by atoms with Crippen LogP contribution in [-0.2, 0) is 0 Å². The first-order valence-corrected chi connectivity index (χ1v) is 10.5. The number of rotatable bonds is 5. The number of likely N-dealkylation sites (tertiary alicyclic amines) is 1. The van der Waals surface area contributed by atoms with Gasteiger partial charge in [-0.05, 0) is 61.9 Å². The van der Waals surface area contributed by atoms with Gasteiger partial charge in [0.05, 0.1) is 5.56 Å². The molecular formula is C23H25FN4O3. The van der Waals surface area contributed by atoms with Gasteiger partial charge in [-0.15, -0.1) is 0 Å². The van der Waals surface area contributed by atoms with Gasteiger partial charge in [0.1, 0.15) is 18.0 Å². The van der Waals surface area contributed by atoms with Crippen molar-refractivity contribution in [2.45, 2.75) is 49.8 Å². The average Bonchev–Trinajstić information content (AvgIpc) is 3.18. The summed E-state index contributed by atoms with van der Waals surface area (Å²) in [5.41, 5.74) is 1.54. The van der Waals surface area contributed by atoms with Crippen molar-refractivity contribution in [1.82, 2.24) is 15.2 Å². The summed E-state index contributed by atoms with van der Waals surface area (Å²) in [5, 5.41) is 20.7. The number of halogens is 1. The number of hydrogen-bond donors (Lipinski definition) is 2. The summed E-state index contributed by atoms with van der Waals surface area (Å²) in [6.07, 6.45) is 3.67. The van der Waals surface area contributed by atoms with E-state index >= 15 is 0 Å². The number of benzene rings is 1. The van der Waals surface area contributed by atoms with Crippen LogP contribution in [0.25, 0.3) is 0 Å². The standard InChI is InChI=1S/C23H25FN4O3/c24-18-6-4-16(5-7-18)17-10-20(28-9-1-2-19(14-28)27-23(29)30)21(11-17)31-22-8-3-15(12-25)13-26-22/h3-8,13,17,19-21,27H,1-2,9-11,14H2,(H,29,30)/t17?,19-,20?,21?/m1/s1. The van der Waals surface area contributed by atoms with E-state index in [9.17, 15) is 9.18 Å². The predicted octanol–water partition coefficient (Wildman–Crippen LogP) is 3.52. The quantitative estimate of drug-likeness (QED) is 0.762. The minimum absolute atomic E-state index is 0.0888. The highest BCUT2D eigenvalue weighted by Gasteiger charge is 2.41. The molecule has 2 N–H and O–H groups in total. The molecule has 2 heterocycles. The Labute approximate surface area is 180 Å². The van der Waals surface area contributed by atoms with Crippen LogP contribution in [0.3, 0.4) is 0 Å². The second-order valence-electron chi connectivity index (χ2n) is 8.22. The zero-order chi connectivity index (χ0) is 21.8. The summed E-state index contributed by atoms with van der Waals surface area (Å²) in [6.45, 7) is 1.51. The zero-order valence-corrected chi connectivity index (χ0v) is 17.1. The molecule has 4 rings (SSSR count). The molecule has 162 valence electrons. The number of nitriles is 1. The number of nitrogens with zero attached hydrogens (tertiary/aromatic N) is 3. The van der Waals surface area contributed by atoms with E-state index in [2.05, 4.69) is 15.2 Å². The average molecular weight is 424 g/mol. The highest BCUT2D eigenvalue weighted by Crippen LogP contribution is 2.39. The molecule has 1 saturated heterocycles. The molecule has 1 amide bonds. The minimum atomic E-state index is -1.00. The number of hydrogen-bond acceptors (Lipinski definition) is 5. The summed E-state index contributed by atoms with van der Waals surface area (Å²) in [5.74, 6) is 0.416. The lowest BCUT2D eigenvalue weighted by molar-refractivity contribution is 0.0607. The number of carboxylic acid groups (broad SMARTS) is 1. The van der Waals surface area contributed by atoms with Crippen molar-refractivity contribution in [2.75, 3.05) is 13.1 Å². The largest absolute Gasteiger partial charge is 0.473 e. The maximum atomic E-state index is 13.4. The van der Waals surface area contributed by atoms with E-state index < -0.39 is 6.09 Å². The van der Waals surface area contributed by atoms with E-state index in [0.29, 0.717) is 18.0 Å². The molecule has 8 heteroatoms. The lowest BCUT2D eigenvalue weighted by atomic mass is 9.97. The fourth-order valence-corrected chi connectivity index (χ4v) is 4.77. The number of amides is 1. The van der Waals surface area contributed by atoms with E-state index in [1.165, 1.54) is 18.3 Å². The molecule has 0 bridgehead atoms. The molecular weight excluding hydrogens is 399 g/mol. The number of nitrogens with one attached hydrogen (secondary N) is 1. The zero-order valence-electron chi connectivity index (χ0n) is 17.1.